The lowest BCUT2D eigenvalue weighted by molar-refractivity contribution is -0.117. The fraction of sp³-hybridized carbons (Fsp3) is 0.158. The van der Waals surface area contributed by atoms with E-state index in [9.17, 15) is 4.79 Å². The number of carbonyl (C=O) groups is 1. The molecule has 4 rings (SSSR count). The topological polar surface area (TPSA) is 92.8 Å². The standard InChI is InChI=1S/C19H15N5O2/c20-10-13-4-6-14(7-5-13)11-26-16-3-1-2-15(8-16)17-9-18(25)23-19-21-12-22-24(17)19/h1-8,12,17H,9,11H2,(H,21,22,23,25)/t17-/m0/s1. The molecule has 1 aliphatic heterocycles. The summed E-state index contributed by atoms with van der Waals surface area (Å²) < 4.78 is 7.57. The summed E-state index contributed by atoms with van der Waals surface area (Å²) in [4.78, 5) is 16.0. The fourth-order valence-electron chi connectivity index (χ4n) is 2.92. The quantitative estimate of drug-likeness (QED) is 0.785. The van der Waals surface area contributed by atoms with Crippen LogP contribution in [0.5, 0.6) is 5.75 Å². The van der Waals surface area contributed by atoms with Gasteiger partial charge in [-0.2, -0.15) is 15.3 Å². The van der Waals surface area contributed by atoms with E-state index in [0.717, 1.165) is 11.1 Å². The number of carbonyl (C=O) groups excluding carboxylic acids is 1. The smallest absolute Gasteiger partial charge is 0.229 e. The maximum atomic E-state index is 11.9. The number of anilines is 1. The van der Waals surface area contributed by atoms with Gasteiger partial charge in [-0.1, -0.05) is 24.3 Å². The van der Waals surface area contributed by atoms with E-state index in [1.165, 1.54) is 6.33 Å². The van der Waals surface area contributed by atoms with Crippen LogP contribution in [0.4, 0.5) is 5.95 Å². The van der Waals surface area contributed by atoms with Gasteiger partial charge in [0.1, 0.15) is 18.7 Å². The minimum absolute atomic E-state index is 0.0839. The normalized spacial score (nSPS) is 15.7. The molecule has 0 saturated heterocycles. The summed E-state index contributed by atoms with van der Waals surface area (Å²) in [6.07, 6.45) is 1.73. The summed E-state index contributed by atoms with van der Waals surface area (Å²) in [6.45, 7) is 0.398. The Hall–Kier alpha value is -3.66. The van der Waals surface area contributed by atoms with Crippen LogP contribution in [0.3, 0.4) is 0 Å². The molecule has 128 valence electrons. The second-order valence-electron chi connectivity index (χ2n) is 5.97. The minimum Gasteiger partial charge on any atom is -0.489 e. The Labute approximate surface area is 149 Å². The fourth-order valence-corrected chi connectivity index (χ4v) is 2.92. The van der Waals surface area contributed by atoms with Crippen molar-refractivity contribution < 1.29 is 9.53 Å². The van der Waals surface area contributed by atoms with Crippen molar-refractivity contribution in [1.29, 1.82) is 5.26 Å². The molecule has 26 heavy (non-hydrogen) atoms. The van der Waals surface area contributed by atoms with Crippen LogP contribution in [0.25, 0.3) is 0 Å². The highest BCUT2D eigenvalue weighted by Gasteiger charge is 2.27. The third kappa shape index (κ3) is 3.13. The molecule has 0 aliphatic carbocycles. The molecule has 2 aromatic carbocycles. The number of amides is 1. The van der Waals surface area contributed by atoms with Crippen molar-refractivity contribution in [1.82, 2.24) is 14.8 Å². The predicted molar refractivity (Wildman–Crippen MR) is 93.3 cm³/mol. The number of hydrogen-bond donors (Lipinski definition) is 1. The average Bonchev–Trinajstić information content (AvgIpc) is 3.14. The maximum Gasteiger partial charge on any atom is 0.229 e. The van der Waals surface area contributed by atoms with Crippen molar-refractivity contribution in [2.24, 2.45) is 0 Å². The molecule has 7 heteroatoms. The molecule has 1 aliphatic rings. The number of aromatic nitrogens is 3. The van der Waals surface area contributed by atoms with Crippen LogP contribution in [0.2, 0.25) is 0 Å². The minimum atomic E-state index is -0.209. The lowest BCUT2D eigenvalue weighted by Crippen LogP contribution is -2.29. The third-order valence-corrected chi connectivity index (χ3v) is 4.23. The van der Waals surface area contributed by atoms with Crippen LogP contribution in [-0.2, 0) is 11.4 Å². The van der Waals surface area contributed by atoms with Gasteiger partial charge in [-0.15, -0.1) is 0 Å². The van der Waals surface area contributed by atoms with Crippen LogP contribution in [0.15, 0.2) is 54.9 Å². The zero-order valence-corrected chi connectivity index (χ0v) is 13.8. The Morgan fingerprint density at radius 3 is 2.92 bits per heavy atom. The molecule has 1 amide bonds. The van der Waals surface area contributed by atoms with E-state index in [1.54, 1.807) is 16.8 Å². The van der Waals surface area contributed by atoms with Gasteiger partial charge in [0.25, 0.3) is 0 Å². The number of hydrogen-bond acceptors (Lipinski definition) is 5. The Kier molecular flexibility index (Phi) is 4.07. The van der Waals surface area contributed by atoms with Crippen molar-refractivity contribution in [2.45, 2.75) is 19.1 Å². The van der Waals surface area contributed by atoms with Gasteiger partial charge >= 0.3 is 0 Å². The maximum absolute atomic E-state index is 11.9. The Morgan fingerprint density at radius 1 is 1.27 bits per heavy atom. The molecule has 1 atom stereocenters. The van der Waals surface area contributed by atoms with E-state index in [4.69, 9.17) is 10.00 Å². The molecule has 1 aromatic heterocycles. The van der Waals surface area contributed by atoms with Crippen LogP contribution < -0.4 is 10.1 Å². The van der Waals surface area contributed by atoms with Crippen molar-refractivity contribution in [3.8, 4) is 11.8 Å². The molecular weight excluding hydrogens is 330 g/mol. The van der Waals surface area contributed by atoms with E-state index in [-0.39, 0.29) is 11.9 Å². The monoisotopic (exact) mass is 345 g/mol. The second kappa shape index (κ2) is 6.69. The number of ether oxygens (including phenoxy) is 1. The van der Waals surface area contributed by atoms with Crippen LogP contribution in [0, 0.1) is 11.3 Å². The summed E-state index contributed by atoms with van der Waals surface area (Å²) in [7, 11) is 0. The van der Waals surface area contributed by atoms with Gasteiger partial charge < -0.3 is 4.74 Å². The van der Waals surface area contributed by atoms with Crippen molar-refractivity contribution in [2.75, 3.05) is 5.32 Å². The Balaban J connectivity index is 1.52. The zero-order chi connectivity index (χ0) is 17.9. The van der Waals surface area contributed by atoms with Gasteiger partial charge in [0.05, 0.1) is 24.1 Å². The van der Waals surface area contributed by atoms with Gasteiger partial charge in [0, 0.05) is 0 Å². The molecule has 1 N–H and O–H groups in total. The highest BCUT2D eigenvalue weighted by Crippen LogP contribution is 2.30. The van der Waals surface area contributed by atoms with Gasteiger partial charge in [-0.3, -0.25) is 10.1 Å². The lowest BCUT2D eigenvalue weighted by atomic mass is 10.0. The predicted octanol–water partition coefficient (Wildman–Crippen LogP) is 2.66. The summed E-state index contributed by atoms with van der Waals surface area (Å²) in [5.74, 6) is 1.08. The van der Waals surface area contributed by atoms with Gasteiger partial charge in [0.2, 0.25) is 11.9 Å². The Bertz CT molecular complexity index is 988. The largest absolute Gasteiger partial charge is 0.489 e. The van der Waals surface area contributed by atoms with E-state index in [2.05, 4.69) is 21.5 Å². The highest BCUT2D eigenvalue weighted by molar-refractivity contribution is 5.91. The van der Waals surface area contributed by atoms with E-state index in [1.807, 2.05) is 36.4 Å². The second-order valence-corrected chi connectivity index (χ2v) is 5.97. The van der Waals surface area contributed by atoms with Gasteiger partial charge in [-0.25, -0.2) is 4.68 Å². The lowest BCUT2D eigenvalue weighted by Gasteiger charge is -2.24. The van der Waals surface area contributed by atoms with Gasteiger partial charge in [0.15, 0.2) is 0 Å². The highest BCUT2D eigenvalue weighted by atomic mass is 16.5. The van der Waals surface area contributed by atoms with E-state index >= 15 is 0 Å². The molecular formula is C19H15N5O2. The first-order valence-electron chi connectivity index (χ1n) is 8.14. The molecule has 0 radical (unpaired) electrons. The molecule has 0 saturated carbocycles. The van der Waals surface area contributed by atoms with Crippen molar-refractivity contribution in [3.05, 3.63) is 71.5 Å². The Morgan fingerprint density at radius 2 is 2.12 bits per heavy atom. The first kappa shape index (κ1) is 15.8. The first-order chi connectivity index (χ1) is 12.7. The van der Waals surface area contributed by atoms with Crippen molar-refractivity contribution >= 4 is 11.9 Å². The first-order valence-corrected chi connectivity index (χ1v) is 8.14. The van der Waals surface area contributed by atoms with Crippen LogP contribution >= 0.6 is 0 Å². The number of benzene rings is 2. The van der Waals surface area contributed by atoms with Gasteiger partial charge in [-0.05, 0) is 35.4 Å². The molecule has 2 heterocycles. The van der Waals surface area contributed by atoms with E-state index in [0.29, 0.717) is 30.3 Å². The molecule has 0 spiro atoms. The zero-order valence-electron chi connectivity index (χ0n) is 13.8. The van der Waals surface area contributed by atoms with Crippen LogP contribution in [0.1, 0.15) is 29.2 Å². The average molecular weight is 345 g/mol. The summed E-state index contributed by atoms with van der Waals surface area (Å²) in [6, 6.07) is 16.8. The molecule has 0 bridgehead atoms. The SMILES string of the molecule is N#Cc1ccc(COc2cccc([C@@H]3CC(=O)Nc4ncnn43)c2)cc1. The molecule has 0 unspecified atom stereocenters. The molecule has 7 nitrogen and oxygen atoms in total. The summed E-state index contributed by atoms with van der Waals surface area (Å²) >= 11 is 0. The molecule has 0 fully saturated rings. The molecule has 3 aromatic rings. The number of nitrogens with zero attached hydrogens (tertiary/aromatic N) is 4. The van der Waals surface area contributed by atoms with Crippen molar-refractivity contribution in [3.63, 3.8) is 0 Å². The number of rotatable bonds is 4. The third-order valence-electron chi connectivity index (χ3n) is 4.23. The summed E-state index contributed by atoms with van der Waals surface area (Å²) in [5.41, 5.74) is 2.53. The number of fused-ring (bicyclic) bond motifs is 1. The summed E-state index contributed by atoms with van der Waals surface area (Å²) in [5, 5.41) is 15.8. The van der Waals surface area contributed by atoms with Crippen LogP contribution in [-0.4, -0.2) is 20.7 Å². The van der Waals surface area contributed by atoms with E-state index < -0.39 is 0 Å². The number of nitriles is 1. The number of nitrogens with one attached hydrogen (secondary N) is 1.